The van der Waals surface area contributed by atoms with E-state index in [4.69, 9.17) is 5.73 Å². The van der Waals surface area contributed by atoms with Gasteiger partial charge in [-0.05, 0) is 43.5 Å². The Kier molecular flexibility index (Phi) is 5.65. The van der Waals surface area contributed by atoms with Gasteiger partial charge in [0.15, 0.2) is 17.4 Å². The molecule has 3 nitrogen and oxygen atoms in total. The van der Waals surface area contributed by atoms with E-state index in [1.54, 1.807) is 12.1 Å². The van der Waals surface area contributed by atoms with Gasteiger partial charge < -0.3 is 11.1 Å². The summed E-state index contributed by atoms with van der Waals surface area (Å²) in [5.41, 5.74) is 8.81. The lowest BCUT2D eigenvalue weighted by Crippen LogP contribution is -2.33. The van der Waals surface area contributed by atoms with Crippen LogP contribution in [0.2, 0.25) is 0 Å². The van der Waals surface area contributed by atoms with Crippen LogP contribution in [0.4, 0.5) is 18.9 Å². The Morgan fingerprint density at radius 3 is 2.59 bits per heavy atom. The first-order chi connectivity index (χ1) is 12.8. The molecule has 0 aromatic heterocycles. The maximum atomic E-state index is 14.0. The Bertz CT molecular complexity index is 895. The van der Waals surface area contributed by atoms with Crippen molar-refractivity contribution < 1.29 is 18.0 Å². The number of Topliss-reactive ketones (excluding diaryl/α,β-unsaturated/α-hetero) is 1. The first-order valence-electron chi connectivity index (χ1n) is 8.78. The quantitative estimate of drug-likeness (QED) is 0.459. The summed E-state index contributed by atoms with van der Waals surface area (Å²) in [7, 11) is 0. The molecule has 1 aliphatic carbocycles. The van der Waals surface area contributed by atoms with Gasteiger partial charge in [0.1, 0.15) is 5.82 Å². The first kappa shape index (κ1) is 19.2. The Morgan fingerprint density at radius 2 is 1.89 bits per heavy atom. The number of ketones is 1. The van der Waals surface area contributed by atoms with E-state index in [9.17, 15) is 18.0 Å². The van der Waals surface area contributed by atoms with Crippen LogP contribution < -0.4 is 11.1 Å². The van der Waals surface area contributed by atoms with Gasteiger partial charge in [0.2, 0.25) is 0 Å². The van der Waals surface area contributed by atoms with Gasteiger partial charge in [-0.2, -0.15) is 0 Å². The molecule has 0 saturated carbocycles. The number of rotatable bonds is 5. The molecule has 0 radical (unpaired) electrons. The highest BCUT2D eigenvalue weighted by molar-refractivity contribution is 5.94. The highest BCUT2D eigenvalue weighted by Gasteiger charge is 2.27. The van der Waals surface area contributed by atoms with Crippen molar-refractivity contribution in [2.24, 2.45) is 5.73 Å². The summed E-state index contributed by atoms with van der Waals surface area (Å²) in [5, 5.41) is 3.25. The minimum absolute atomic E-state index is 0.00560. The van der Waals surface area contributed by atoms with E-state index in [1.165, 1.54) is 6.92 Å². The first-order valence-corrected chi connectivity index (χ1v) is 8.78. The average molecular weight is 374 g/mol. The van der Waals surface area contributed by atoms with Gasteiger partial charge in [-0.15, -0.1) is 0 Å². The van der Waals surface area contributed by atoms with Crippen molar-refractivity contribution in [1.29, 1.82) is 0 Å². The van der Waals surface area contributed by atoms with Crippen molar-refractivity contribution in [2.45, 2.75) is 31.7 Å². The molecule has 27 heavy (non-hydrogen) atoms. The number of nitrogens with one attached hydrogen (secondary N) is 1. The number of hydrogen-bond acceptors (Lipinski definition) is 3. The minimum atomic E-state index is -1.20. The van der Waals surface area contributed by atoms with Crippen molar-refractivity contribution in [1.82, 2.24) is 0 Å². The molecule has 3 rings (SSSR count). The molecule has 0 saturated heterocycles. The van der Waals surface area contributed by atoms with E-state index in [1.807, 2.05) is 18.2 Å². The van der Waals surface area contributed by atoms with Gasteiger partial charge in [0.25, 0.3) is 0 Å². The highest BCUT2D eigenvalue weighted by Crippen LogP contribution is 2.33. The van der Waals surface area contributed by atoms with Gasteiger partial charge >= 0.3 is 0 Å². The summed E-state index contributed by atoms with van der Waals surface area (Å²) in [4.78, 5) is 11.5. The maximum absolute atomic E-state index is 14.0. The molecule has 2 unspecified atom stereocenters. The summed E-state index contributed by atoms with van der Waals surface area (Å²) in [6, 6.07) is 8.29. The van der Waals surface area contributed by atoms with Crippen molar-refractivity contribution in [3.05, 3.63) is 76.6 Å². The van der Waals surface area contributed by atoms with Crippen molar-refractivity contribution >= 4 is 11.5 Å². The van der Waals surface area contributed by atoms with Crippen LogP contribution in [-0.2, 0) is 0 Å². The Labute approximate surface area is 156 Å². The fourth-order valence-electron chi connectivity index (χ4n) is 3.38. The maximum Gasteiger partial charge on any atom is 0.161 e. The standard InChI is InChI=1S/C21H21F3N2O/c1-12(27)14-3-2-4-15(8-14)26-11-13-5-6-16(21(25)7-13)17-9-19(23)20(24)10-18(17)22/h2-5,8-10,16,21,26H,6-7,11,25H2,1H3. The van der Waals surface area contributed by atoms with Crippen molar-refractivity contribution in [3.63, 3.8) is 0 Å². The van der Waals surface area contributed by atoms with Gasteiger partial charge in [-0.3, -0.25) is 4.79 Å². The van der Waals surface area contributed by atoms with Gasteiger partial charge in [0, 0.05) is 35.8 Å². The van der Waals surface area contributed by atoms with Crippen LogP contribution in [0.5, 0.6) is 0 Å². The topological polar surface area (TPSA) is 55.1 Å². The summed E-state index contributed by atoms with van der Waals surface area (Å²) >= 11 is 0. The lowest BCUT2D eigenvalue weighted by atomic mass is 9.80. The molecule has 0 aliphatic heterocycles. The summed E-state index contributed by atoms with van der Waals surface area (Å²) in [5.74, 6) is -3.45. The van der Waals surface area contributed by atoms with Gasteiger partial charge in [-0.1, -0.05) is 23.8 Å². The monoisotopic (exact) mass is 374 g/mol. The fourth-order valence-corrected chi connectivity index (χ4v) is 3.38. The normalized spacial score (nSPS) is 19.5. The predicted octanol–water partition coefficient (Wildman–Crippen LogP) is 4.55. The van der Waals surface area contributed by atoms with Crippen LogP contribution in [-0.4, -0.2) is 18.4 Å². The van der Waals surface area contributed by atoms with E-state index >= 15 is 0 Å². The van der Waals surface area contributed by atoms with Crippen LogP contribution in [0.25, 0.3) is 0 Å². The molecule has 2 aromatic rings. The second kappa shape index (κ2) is 7.96. The third-order valence-corrected chi connectivity index (χ3v) is 4.90. The number of allylic oxidation sites excluding steroid dienone is 1. The molecule has 2 aromatic carbocycles. The molecule has 0 amide bonds. The van der Waals surface area contributed by atoms with E-state index in [0.717, 1.165) is 17.3 Å². The molecule has 1 aliphatic rings. The molecule has 142 valence electrons. The minimum Gasteiger partial charge on any atom is -0.381 e. The number of carbonyl (C=O) groups is 1. The number of hydrogen-bond donors (Lipinski definition) is 2. The Balaban J connectivity index is 1.68. The van der Waals surface area contributed by atoms with Crippen molar-refractivity contribution in [3.8, 4) is 0 Å². The summed E-state index contributed by atoms with van der Waals surface area (Å²) in [6.07, 6.45) is 2.92. The Morgan fingerprint density at radius 1 is 1.15 bits per heavy atom. The SMILES string of the molecule is CC(=O)c1cccc(NCC2=CCC(c3cc(F)c(F)cc3F)C(N)C2)c1. The van der Waals surface area contributed by atoms with E-state index in [-0.39, 0.29) is 11.3 Å². The highest BCUT2D eigenvalue weighted by atomic mass is 19.2. The molecular formula is C21H21F3N2O. The zero-order chi connectivity index (χ0) is 19.6. The van der Waals surface area contributed by atoms with Crippen LogP contribution >= 0.6 is 0 Å². The second-order valence-electron chi connectivity index (χ2n) is 6.85. The van der Waals surface area contributed by atoms with E-state index in [0.29, 0.717) is 31.0 Å². The smallest absolute Gasteiger partial charge is 0.161 e. The Hall–Kier alpha value is -2.60. The number of halogens is 3. The van der Waals surface area contributed by atoms with Crippen LogP contribution in [0.3, 0.4) is 0 Å². The lowest BCUT2D eigenvalue weighted by molar-refractivity contribution is 0.101. The third kappa shape index (κ3) is 4.39. The van der Waals surface area contributed by atoms with Crippen LogP contribution in [0.15, 0.2) is 48.0 Å². The lowest BCUT2D eigenvalue weighted by Gasteiger charge is -2.29. The van der Waals surface area contributed by atoms with E-state index < -0.39 is 29.4 Å². The fraction of sp³-hybridized carbons (Fsp3) is 0.286. The summed E-state index contributed by atoms with van der Waals surface area (Å²) in [6.45, 7) is 2.06. The van der Waals surface area contributed by atoms with Gasteiger partial charge in [-0.25, -0.2) is 13.2 Å². The zero-order valence-electron chi connectivity index (χ0n) is 14.9. The molecule has 3 N–H and O–H groups in total. The van der Waals surface area contributed by atoms with Crippen LogP contribution in [0.1, 0.15) is 41.6 Å². The molecule has 0 bridgehead atoms. The van der Waals surface area contributed by atoms with Crippen molar-refractivity contribution in [2.75, 3.05) is 11.9 Å². The zero-order valence-corrected chi connectivity index (χ0v) is 14.9. The number of carbonyl (C=O) groups excluding carboxylic acids is 1. The largest absolute Gasteiger partial charge is 0.381 e. The molecule has 6 heteroatoms. The molecule has 0 fully saturated rings. The molecule has 0 heterocycles. The predicted molar refractivity (Wildman–Crippen MR) is 99.3 cm³/mol. The second-order valence-corrected chi connectivity index (χ2v) is 6.85. The van der Waals surface area contributed by atoms with Gasteiger partial charge in [0.05, 0.1) is 0 Å². The number of nitrogens with two attached hydrogens (primary N) is 1. The van der Waals surface area contributed by atoms with Crippen LogP contribution in [0, 0.1) is 17.5 Å². The third-order valence-electron chi connectivity index (χ3n) is 4.90. The average Bonchev–Trinajstić information content (AvgIpc) is 2.64. The summed E-state index contributed by atoms with van der Waals surface area (Å²) < 4.78 is 40.7. The molecular weight excluding hydrogens is 353 g/mol. The number of anilines is 1. The number of benzene rings is 2. The molecule has 0 spiro atoms. The van der Waals surface area contributed by atoms with E-state index in [2.05, 4.69) is 5.32 Å². The molecule has 2 atom stereocenters.